The average molecular weight is 362 g/mol. The van der Waals surface area contributed by atoms with Crippen LogP contribution in [0.5, 0.6) is 0 Å². The van der Waals surface area contributed by atoms with Crippen LogP contribution >= 0.6 is 0 Å². The van der Waals surface area contributed by atoms with Gasteiger partial charge in [0.15, 0.2) is 0 Å². The number of hydrogen-bond donors (Lipinski definition) is 2. The number of amides is 1. The minimum atomic E-state index is -0.383. The van der Waals surface area contributed by atoms with Crippen LogP contribution in [0, 0.1) is 5.82 Å². The molecule has 3 rings (SSSR count). The first-order valence-corrected chi connectivity index (χ1v) is 8.55. The van der Waals surface area contributed by atoms with Gasteiger partial charge in [-0.1, -0.05) is 42.5 Å². The number of rotatable bonds is 6. The number of halogens is 1. The second-order valence-corrected chi connectivity index (χ2v) is 5.95. The van der Waals surface area contributed by atoms with Crippen LogP contribution in [0.1, 0.15) is 11.1 Å². The highest BCUT2D eigenvalue weighted by molar-refractivity contribution is 6.01. The van der Waals surface area contributed by atoms with Crippen molar-refractivity contribution in [3.05, 3.63) is 89.9 Å². The second kappa shape index (κ2) is 8.87. The number of aliphatic hydroxyl groups excluding tert-OH is 1. The molecule has 0 aliphatic heterocycles. The Bertz CT molecular complexity index is 935. The fraction of sp³-hybridized carbons (Fsp3) is 0.0909. The second-order valence-electron chi connectivity index (χ2n) is 5.95. The molecular weight excluding hydrogens is 343 g/mol. The van der Waals surface area contributed by atoms with Gasteiger partial charge in [-0.15, -0.1) is 0 Å². The van der Waals surface area contributed by atoms with Gasteiger partial charge in [-0.25, -0.2) is 9.37 Å². The van der Waals surface area contributed by atoms with Crippen LogP contribution in [0.3, 0.4) is 0 Å². The van der Waals surface area contributed by atoms with E-state index in [9.17, 15) is 9.18 Å². The number of nitrogens with one attached hydrogen (secondary N) is 1. The van der Waals surface area contributed by atoms with Crippen molar-refractivity contribution < 1.29 is 14.3 Å². The number of aliphatic hydroxyl groups is 1. The zero-order chi connectivity index (χ0) is 19.1. The van der Waals surface area contributed by atoms with E-state index in [0.29, 0.717) is 17.8 Å². The van der Waals surface area contributed by atoms with E-state index >= 15 is 0 Å². The number of pyridine rings is 1. The molecular formula is C22H19FN2O2. The molecule has 136 valence electrons. The molecule has 1 amide bonds. The van der Waals surface area contributed by atoms with E-state index < -0.39 is 0 Å². The van der Waals surface area contributed by atoms with E-state index in [1.165, 1.54) is 18.2 Å². The number of aromatic nitrogens is 1. The molecule has 0 saturated heterocycles. The highest BCUT2D eigenvalue weighted by Crippen LogP contribution is 2.20. The molecule has 0 saturated carbocycles. The zero-order valence-corrected chi connectivity index (χ0v) is 14.6. The van der Waals surface area contributed by atoms with E-state index in [2.05, 4.69) is 10.3 Å². The van der Waals surface area contributed by atoms with E-state index in [1.54, 1.807) is 30.5 Å². The van der Waals surface area contributed by atoms with Gasteiger partial charge in [0.25, 0.3) is 0 Å². The number of nitrogens with zero attached hydrogens (tertiary/aromatic N) is 1. The number of carbonyl (C=O) groups excluding carboxylic acids is 1. The SMILES string of the molecule is O=C(/C=C/c1ccccc1F)Nc1ccc(-c2ccc(CCO)cc2)cn1. The Hall–Kier alpha value is -3.31. The van der Waals surface area contributed by atoms with Gasteiger partial charge in [-0.05, 0) is 41.8 Å². The fourth-order valence-electron chi connectivity index (χ4n) is 2.58. The minimum absolute atomic E-state index is 0.126. The molecule has 3 aromatic rings. The molecule has 2 aromatic carbocycles. The molecule has 0 aliphatic carbocycles. The van der Waals surface area contributed by atoms with Gasteiger partial charge in [-0.2, -0.15) is 0 Å². The van der Waals surface area contributed by atoms with Gasteiger partial charge in [0, 0.05) is 30.0 Å². The first-order valence-electron chi connectivity index (χ1n) is 8.55. The average Bonchev–Trinajstić information content (AvgIpc) is 2.69. The molecule has 27 heavy (non-hydrogen) atoms. The Morgan fingerprint density at radius 3 is 2.44 bits per heavy atom. The zero-order valence-electron chi connectivity index (χ0n) is 14.6. The monoisotopic (exact) mass is 362 g/mol. The Balaban J connectivity index is 1.63. The fourth-order valence-corrected chi connectivity index (χ4v) is 2.58. The molecule has 1 heterocycles. The summed E-state index contributed by atoms with van der Waals surface area (Å²) < 4.78 is 13.5. The quantitative estimate of drug-likeness (QED) is 0.650. The van der Waals surface area contributed by atoms with E-state index in [4.69, 9.17) is 5.11 Å². The molecule has 0 radical (unpaired) electrons. The third-order valence-corrected chi connectivity index (χ3v) is 4.02. The maximum Gasteiger partial charge on any atom is 0.249 e. The van der Waals surface area contributed by atoms with Crippen molar-refractivity contribution in [2.24, 2.45) is 0 Å². The summed E-state index contributed by atoms with van der Waals surface area (Å²) in [6, 6.07) is 17.7. The molecule has 0 unspecified atom stereocenters. The number of benzene rings is 2. The van der Waals surface area contributed by atoms with Gasteiger partial charge in [-0.3, -0.25) is 4.79 Å². The van der Waals surface area contributed by atoms with Crippen molar-refractivity contribution in [2.45, 2.75) is 6.42 Å². The lowest BCUT2D eigenvalue weighted by Crippen LogP contribution is -2.09. The molecule has 2 N–H and O–H groups in total. The Morgan fingerprint density at radius 1 is 1.04 bits per heavy atom. The number of carbonyl (C=O) groups is 1. The highest BCUT2D eigenvalue weighted by Gasteiger charge is 2.03. The molecule has 0 fully saturated rings. The Labute approximate surface area is 157 Å². The Kier molecular flexibility index (Phi) is 6.07. The third kappa shape index (κ3) is 5.09. The van der Waals surface area contributed by atoms with Gasteiger partial charge in [0.1, 0.15) is 11.6 Å². The Morgan fingerprint density at radius 2 is 1.78 bits per heavy atom. The first-order chi connectivity index (χ1) is 13.2. The summed E-state index contributed by atoms with van der Waals surface area (Å²) in [5, 5.41) is 11.6. The van der Waals surface area contributed by atoms with Gasteiger partial charge in [0.05, 0.1) is 0 Å². The summed E-state index contributed by atoms with van der Waals surface area (Å²) in [7, 11) is 0. The number of anilines is 1. The molecule has 0 atom stereocenters. The van der Waals surface area contributed by atoms with E-state index in [1.807, 2.05) is 30.3 Å². The highest BCUT2D eigenvalue weighted by atomic mass is 19.1. The van der Waals surface area contributed by atoms with Gasteiger partial charge >= 0.3 is 0 Å². The van der Waals surface area contributed by atoms with Crippen LogP contribution in [0.4, 0.5) is 10.2 Å². The molecule has 0 spiro atoms. The minimum Gasteiger partial charge on any atom is -0.396 e. The lowest BCUT2D eigenvalue weighted by Gasteiger charge is -2.05. The van der Waals surface area contributed by atoms with Crippen LogP contribution < -0.4 is 5.32 Å². The molecule has 4 nitrogen and oxygen atoms in total. The smallest absolute Gasteiger partial charge is 0.249 e. The van der Waals surface area contributed by atoms with E-state index in [0.717, 1.165) is 16.7 Å². The standard InChI is InChI=1S/C22H19FN2O2/c23-20-4-2-1-3-18(20)10-12-22(27)25-21-11-9-19(15-24-21)17-7-5-16(6-8-17)13-14-26/h1-12,15,26H,13-14H2,(H,24,25,27)/b12-10+. The summed E-state index contributed by atoms with van der Waals surface area (Å²) in [6.07, 6.45) is 5.00. The maximum absolute atomic E-state index is 13.5. The lowest BCUT2D eigenvalue weighted by atomic mass is 10.0. The van der Waals surface area contributed by atoms with Crippen LogP contribution in [-0.2, 0) is 11.2 Å². The predicted molar refractivity (Wildman–Crippen MR) is 105 cm³/mol. The summed E-state index contributed by atoms with van der Waals surface area (Å²) in [5.74, 6) is -0.347. The van der Waals surface area contributed by atoms with E-state index in [-0.39, 0.29) is 18.3 Å². The van der Waals surface area contributed by atoms with Crippen LogP contribution in [0.2, 0.25) is 0 Å². The largest absolute Gasteiger partial charge is 0.396 e. The van der Waals surface area contributed by atoms with Crippen LogP contribution in [-0.4, -0.2) is 22.6 Å². The molecule has 5 heteroatoms. The van der Waals surface area contributed by atoms with Gasteiger partial charge < -0.3 is 10.4 Å². The number of hydrogen-bond acceptors (Lipinski definition) is 3. The maximum atomic E-state index is 13.5. The van der Waals surface area contributed by atoms with Crippen molar-refractivity contribution in [1.82, 2.24) is 4.98 Å². The van der Waals surface area contributed by atoms with Gasteiger partial charge in [0.2, 0.25) is 5.91 Å². The van der Waals surface area contributed by atoms with Crippen LogP contribution in [0.15, 0.2) is 72.9 Å². The summed E-state index contributed by atoms with van der Waals surface area (Å²) in [6.45, 7) is 0.126. The van der Waals surface area contributed by atoms with Crippen molar-refractivity contribution in [1.29, 1.82) is 0 Å². The summed E-state index contributed by atoms with van der Waals surface area (Å²) >= 11 is 0. The normalized spacial score (nSPS) is 10.9. The molecule has 0 bridgehead atoms. The topological polar surface area (TPSA) is 62.2 Å². The molecule has 1 aromatic heterocycles. The lowest BCUT2D eigenvalue weighted by molar-refractivity contribution is -0.111. The van der Waals surface area contributed by atoms with Crippen molar-refractivity contribution in [2.75, 3.05) is 11.9 Å². The van der Waals surface area contributed by atoms with Crippen molar-refractivity contribution >= 4 is 17.8 Å². The molecule has 0 aliphatic rings. The van der Waals surface area contributed by atoms with Crippen LogP contribution in [0.25, 0.3) is 17.2 Å². The third-order valence-electron chi connectivity index (χ3n) is 4.02. The van der Waals surface area contributed by atoms with Crippen molar-refractivity contribution in [3.63, 3.8) is 0 Å². The summed E-state index contributed by atoms with van der Waals surface area (Å²) in [4.78, 5) is 16.2. The summed E-state index contributed by atoms with van der Waals surface area (Å²) in [5.41, 5.74) is 3.34. The predicted octanol–water partition coefficient (Wildman–Crippen LogP) is 4.07. The first kappa shape index (κ1) is 18.5. The van der Waals surface area contributed by atoms with Crippen molar-refractivity contribution in [3.8, 4) is 11.1 Å².